The van der Waals surface area contributed by atoms with Crippen LogP contribution >= 0.6 is 12.2 Å². The first-order chi connectivity index (χ1) is 9.04. The lowest BCUT2D eigenvalue weighted by molar-refractivity contribution is -0.385. The molecule has 100 valence electrons. The number of hydrogen-bond donors (Lipinski definition) is 2. The Morgan fingerprint density at radius 2 is 2.37 bits per heavy atom. The quantitative estimate of drug-likeness (QED) is 0.283. The number of hydrogen-bond acceptors (Lipinski definition) is 4. The monoisotopic (exact) mass is 278 g/mol. The Labute approximate surface area is 116 Å². The third kappa shape index (κ3) is 4.84. The Hall–Kier alpha value is -2.28. The standard InChI is InChI=1S/C12H14N4O2S/c1-3-6-13-12(19)15-14-8-10-5-4-9(2)11(7-10)16(17)18/h3-5,7-8H,1,6H2,2H3,(H2,13,15,19)/b14-8+. The molecule has 0 bridgehead atoms. The number of nitro groups is 1. The summed E-state index contributed by atoms with van der Waals surface area (Å²) in [5.74, 6) is 0. The van der Waals surface area contributed by atoms with Gasteiger partial charge in [0.15, 0.2) is 5.11 Å². The van der Waals surface area contributed by atoms with E-state index in [9.17, 15) is 10.1 Å². The van der Waals surface area contributed by atoms with E-state index in [2.05, 4.69) is 22.4 Å². The van der Waals surface area contributed by atoms with Crippen LogP contribution in [0.3, 0.4) is 0 Å². The Morgan fingerprint density at radius 1 is 1.63 bits per heavy atom. The predicted molar refractivity (Wildman–Crippen MR) is 79.4 cm³/mol. The number of hydrazone groups is 1. The summed E-state index contributed by atoms with van der Waals surface area (Å²) in [6.45, 7) is 5.77. The minimum atomic E-state index is -0.420. The van der Waals surface area contributed by atoms with Crippen LogP contribution in [0.1, 0.15) is 11.1 Å². The van der Waals surface area contributed by atoms with Crippen LogP contribution in [0.4, 0.5) is 5.69 Å². The SMILES string of the molecule is C=CCNC(=S)N/N=C/c1ccc(C)c([N+](=O)[O-])c1. The zero-order valence-corrected chi connectivity index (χ0v) is 11.2. The summed E-state index contributed by atoms with van der Waals surface area (Å²) in [5.41, 5.74) is 3.90. The van der Waals surface area contributed by atoms with Crippen LogP contribution < -0.4 is 10.7 Å². The van der Waals surface area contributed by atoms with Gasteiger partial charge in [-0.1, -0.05) is 18.2 Å². The number of thiocarbonyl (C=S) groups is 1. The number of nitrogens with zero attached hydrogens (tertiary/aromatic N) is 2. The van der Waals surface area contributed by atoms with Gasteiger partial charge in [0.1, 0.15) is 0 Å². The summed E-state index contributed by atoms with van der Waals surface area (Å²) in [6, 6.07) is 4.88. The maximum atomic E-state index is 10.8. The zero-order chi connectivity index (χ0) is 14.3. The highest BCUT2D eigenvalue weighted by atomic mass is 32.1. The summed E-state index contributed by atoms with van der Waals surface area (Å²) in [5, 5.41) is 17.9. The van der Waals surface area contributed by atoms with Crippen LogP contribution in [0.2, 0.25) is 0 Å². The minimum absolute atomic E-state index is 0.0660. The van der Waals surface area contributed by atoms with Gasteiger partial charge < -0.3 is 5.32 Å². The second-order valence-electron chi connectivity index (χ2n) is 3.67. The van der Waals surface area contributed by atoms with E-state index in [-0.39, 0.29) is 5.69 Å². The van der Waals surface area contributed by atoms with Crippen LogP contribution in [0.15, 0.2) is 36.0 Å². The molecule has 0 amide bonds. The molecule has 1 aromatic carbocycles. The molecular weight excluding hydrogens is 264 g/mol. The van der Waals surface area contributed by atoms with E-state index in [4.69, 9.17) is 12.2 Å². The smallest absolute Gasteiger partial charge is 0.272 e. The van der Waals surface area contributed by atoms with Gasteiger partial charge >= 0.3 is 0 Å². The molecule has 19 heavy (non-hydrogen) atoms. The van der Waals surface area contributed by atoms with E-state index in [0.717, 1.165) is 0 Å². The van der Waals surface area contributed by atoms with Crippen molar-refractivity contribution in [2.24, 2.45) is 5.10 Å². The van der Waals surface area contributed by atoms with Gasteiger partial charge in [0, 0.05) is 23.7 Å². The minimum Gasteiger partial charge on any atom is -0.358 e. The first-order valence-corrected chi connectivity index (χ1v) is 5.88. The summed E-state index contributed by atoms with van der Waals surface area (Å²) in [7, 11) is 0. The molecule has 7 heteroatoms. The normalized spacial score (nSPS) is 10.2. The molecule has 6 nitrogen and oxygen atoms in total. The highest BCUT2D eigenvalue weighted by molar-refractivity contribution is 7.80. The average Bonchev–Trinajstić information content (AvgIpc) is 2.38. The molecule has 0 fully saturated rings. The van der Waals surface area contributed by atoms with Crippen molar-refractivity contribution in [1.29, 1.82) is 0 Å². The molecule has 0 saturated carbocycles. The predicted octanol–water partition coefficient (Wildman–Crippen LogP) is 1.89. The van der Waals surface area contributed by atoms with Crippen LogP contribution in [-0.2, 0) is 0 Å². The third-order valence-electron chi connectivity index (χ3n) is 2.22. The van der Waals surface area contributed by atoms with Gasteiger partial charge in [-0.05, 0) is 19.1 Å². The van der Waals surface area contributed by atoms with Crippen LogP contribution in [0.5, 0.6) is 0 Å². The molecule has 0 aliphatic carbocycles. The van der Waals surface area contributed by atoms with E-state index in [0.29, 0.717) is 22.8 Å². The van der Waals surface area contributed by atoms with Gasteiger partial charge in [-0.3, -0.25) is 15.5 Å². The molecule has 0 atom stereocenters. The van der Waals surface area contributed by atoms with Gasteiger partial charge in [0.05, 0.1) is 11.1 Å². The first-order valence-electron chi connectivity index (χ1n) is 5.47. The molecule has 0 aliphatic heterocycles. The number of nitrogens with one attached hydrogen (secondary N) is 2. The average molecular weight is 278 g/mol. The van der Waals surface area contributed by atoms with E-state index >= 15 is 0 Å². The molecule has 0 aromatic heterocycles. The molecule has 0 unspecified atom stereocenters. The third-order valence-corrected chi connectivity index (χ3v) is 2.45. The molecule has 0 aliphatic rings. The van der Waals surface area contributed by atoms with E-state index < -0.39 is 4.92 Å². The van der Waals surface area contributed by atoms with Crippen molar-refractivity contribution < 1.29 is 4.92 Å². The fraction of sp³-hybridized carbons (Fsp3) is 0.167. The van der Waals surface area contributed by atoms with Crippen molar-refractivity contribution in [1.82, 2.24) is 10.7 Å². The van der Waals surface area contributed by atoms with E-state index in [1.54, 1.807) is 25.1 Å². The Balaban J connectivity index is 2.67. The zero-order valence-electron chi connectivity index (χ0n) is 10.4. The number of rotatable bonds is 5. The van der Waals surface area contributed by atoms with Crippen molar-refractivity contribution in [3.8, 4) is 0 Å². The molecule has 1 rings (SSSR count). The lowest BCUT2D eigenvalue weighted by Gasteiger charge is -2.03. The lowest BCUT2D eigenvalue weighted by atomic mass is 10.1. The molecule has 0 spiro atoms. The van der Waals surface area contributed by atoms with E-state index in [1.807, 2.05) is 0 Å². The Bertz CT molecular complexity index is 528. The van der Waals surface area contributed by atoms with Crippen LogP contribution in [0, 0.1) is 17.0 Å². The van der Waals surface area contributed by atoms with Crippen molar-refractivity contribution in [3.05, 3.63) is 52.1 Å². The summed E-state index contributed by atoms with van der Waals surface area (Å²) in [4.78, 5) is 10.4. The molecule has 0 heterocycles. The van der Waals surface area contributed by atoms with Gasteiger partial charge in [0.2, 0.25) is 0 Å². The van der Waals surface area contributed by atoms with Gasteiger partial charge in [-0.15, -0.1) is 6.58 Å². The summed E-state index contributed by atoms with van der Waals surface area (Å²) in [6.07, 6.45) is 3.13. The Morgan fingerprint density at radius 3 is 3.00 bits per heavy atom. The fourth-order valence-electron chi connectivity index (χ4n) is 1.27. The number of aryl methyl sites for hydroxylation is 1. The first kappa shape index (κ1) is 14.8. The second kappa shape index (κ2) is 7.22. The maximum Gasteiger partial charge on any atom is 0.272 e. The molecule has 2 N–H and O–H groups in total. The fourth-order valence-corrected chi connectivity index (χ4v) is 1.41. The second-order valence-corrected chi connectivity index (χ2v) is 4.08. The molecular formula is C12H14N4O2S. The highest BCUT2D eigenvalue weighted by Crippen LogP contribution is 2.18. The summed E-state index contributed by atoms with van der Waals surface area (Å²) < 4.78 is 0. The van der Waals surface area contributed by atoms with Crippen LogP contribution in [-0.4, -0.2) is 22.8 Å². The van der Waals surface area contributed by atoms with Crippen molar-refractivity contribution in [3.63, 3.8) is 0 Å². The Kier molecular flexibility index (Phi) is 5.62. The van der Waals surface area contributed by atoms with Gasteiger partial charge in [0.25, 0.3) is 5.69 Å². The topological polar surface area (TPSA) is 79.6 Å². The highest BCUT2D eigenvalue weighted by Gasteiger charge is 2.09. The lowest BCUT2D eigenvalue weighted by Crippen LogP contribution is -2.31. The summed E-state index contributed by atoms with van der Waals surface area (Å²) >= 11 is 4.93. The van der Waals surface area contributed by atoms with E-state index in [1.165, 1.54) is 12.3 Å². The largest absolute Gasteiger partial charge is 0.358 e. The molecule has 0 saturated heterocycles. The number of benzene rings is 1. The van der Waals surface area contributed by atoms with Gasteiger partial charge in [-0.25, -0.2) is 0 Å². The maximum absolute atomic E-state index is 10.8. The van der Waals surface area contributed by atoms with Crippen molar-refractivity contribution in [2.75, 3.05) is 6.54 Å². The number of nitro benzene ring substituents is 1. The van der Waals surface area contributed by atoms with Crippen molar-refractivity contribution in [2.45, 2.75) is 6.92 Å². The van der Waals surface area contributed by atoms with Crippen LogP contribution in [0.25, 0.3) is 0 Å². The van der Waals surface area contributed by atoms with Gasteiger partial charge in [-0.2, -0.15) is 5.10 Å². The molecule has 0 radical (unpaired) electrons. The van der Waals surface area contributed by atoms with Crippen molar-refractivity contribution >= 4 is 29.2 Å². The molecule has 1 aromatic rings.